The molecule has 0 radical (unpaired) electrons. The Morgan fingerprint density at radius 1 is 0.850 bits per heavy atom. The number of rotatable bonds is 5. The summed E-state index contributed by atoms with van der Waals surface area (Å²) in [7, 11) is -3.18. The Morgan fingerprint density at radius 2 is 1.35 bits per heavy atom. The van der Waals surface area contributed by atoms with Crippen molar-refractivity contribution in [3.8, 4) is 0 Å². The molecule has 0 aliphatic carbocycles. The third-order valence-corrected chi connectivity index (χ3v) is 6.03. The van der Waals surface area contributed by atoms with Crippen LogP contribution in [0.15, 0.2) is 58.3 Å². The molecule has 2 nitrogen and oxygen atoms in total. The van der Waals surface area contributed by atoms with Crippen LogP contribution in [0.25, 0.3) is 0 Å². The summed E-state index contributed by atoms with van der Waals surface area (Å²) in [5.74, 6) is 0.730. The molecule has 0 saturated heterocycles. The Bertz CT molecular complexity index is 657. The van der Waals surface area contributed by atoms with E-state index >= 15 is 0 Å². The minimum Gasteiger partial charge on any atom is -0.224 e. The maximum Gasteiger partial charge on any atom is 0.179 e. The molecule has 2 rings (SSSR count). The van der Waals surface area contributed by atoms with Crippen LogP contribution in [0.1, 0.15) is 11.1 Å². The summed E-state index contributed by atoms with van der Waals surface area (Å²) in [4.78, 5) is 1.52. The van der Waals surface area contributed by atoms with Gasteiger partial charge in [-0.3, -0.25) is 0 Å². The maximum absolute atomic E-state index is 12.2. The molecule has 0 aromatic heterocycles. The second kappa shape index (κ2) is 6.46. The van der Waals surface area contributed by atoms with Gasteiger partial charge >= 0.3 is 0 Å². The quantitative estimate of drug-likeness (QED) is 0.786. The molecule has 0 unspecified atom stereocenters. The molecule has 0 heterocycles. The highest BCUT2D eigenvalue weighted by Gasteiger charge is 2.13. The molecule has 0 aliphatic heterocycles. The third-order valence-electron chi connectivity index (χ3n) is 3.02. The first kappa shape index (κ1) is 15.1. The van der Waals surface area contributed by atoms with Gasteiger partial charge in [0.1, 0.15) is 0 Å². The largest absolute Gasteiger partial charge is 0.224 e. The van der Waals surface area contributed by atoms with Crippen LogP contribution in [-0.2, 0) is 9.84 Å². The first-order valence-corrected chi connectivity index (χ1v) is 9.10. The van der Waals surface area contributed by atoms with E-state index in [9.17, 15) is 8.42 Å². The van der Waals surface area contributed by atoms with E-state index in [-0.39, 0.29) is 5.75 Å². The standard InChI is InChI=1S/C16H18O2S2/c1-13-3-7-15(8-4-13)19-11-12-20(17,18)16-9-5-14(2)6-10-16/h3-10H,11-12H2,1-2H3. The number of hydrogen-bond acceptors (Lipinski definition) is 3. The molecule has 0 N–H and O–H groups in total. The van der Waals surface area contributed by atoms with Gasteiger partial charge in [-0.25, -0.2) is 8.42 Å². The van der Waals surface area contributed by atoms with E-state index in [2.05, 4.69) is 0 Å². The number of sulfone groups is 1. The predicted octanol–water partition coefficient (Wildman–Crippen LogP) is 3.87. The first-order valence-electron chi connectivity index (χ1n) is 6.46. The van der Waals surface area contributed by atoms with Gasteiger partial charge in [-0.05, 0) is 38.1 Å². The topological polar surface area (TPSA) is 34.1 Å². The zero-order chi connectivity index (χ0) is 14.6. The van der Waals surface area contributed by atoms with Crippen LogP contribution in [-0.4, -0.2) is 19.9 Å². The van der Waals surface area contributed by atoms with E-state index in [4.69, 9.17) is 0 Å². The van der Waals surface area contributed by atoms with Crippen LogP contribution in [0.3, 0.4) is 0 Å². The van der Waals surface area contributed by atoms with Gasteiger partial charge in [0.2, 0.25) is 0 Å². The summed E-state index contributed by atoms with van der Waals surface area (Å²) >= 11 is 1.57. The van der Waals surface area contributed by atoms with Crippen LogP contribution >= 0.6 is 11.8 Å². The lowest BCUT2D eigenvalue weighted by Crippen LogP contribution is -2.08. The molecule has 0 saturated carbocycles. The Hall–Kier alpha value is -1.26. The van der Waals surface area contributed by atoms with Crippen LogP contribution < -0.4 is 0 Å². The lowest BCUT2D eigenvalue weighted by molar-refractivity contribution is 0.597. The summed E-state index contributed by atoms with van der Waals surface area (Å²) in [6, 6.07) is 15.2. The fourth-order valence-electron chi connectivity index (χ4n) is 1.77. The van der Waals surface area contributed by atoms with Gasteiger partial charge in [0.15, 0.2) is 9.84 Å². The van der Waals surface area contributed by atoms with Gasteiger partial charge in [0.25, 0.3) is 0 Å². The second-order valence-corrected chi connectivity index (χ2v) is 8.07. The zero-order valence-corrected chi connectivity index (χ0v) is 13.3. The summed E-state index contributed by atoms with van der Waals surface area (Å²) in [5.41, 5.74) is 2.28. The molecule has 0 bridgehead atoms. The van der Waals surface area contributed by atoms with Crippen molar-refractivity contribution in [1.29, 1.82) is 0 Å². The molecule has 106 valence electrons. The normalized spacial score (nSPS) is 11.5. The Balaban J connectivity index is 1.96. The average Bonchev–Trinajstić information content (AvgIpc) is 2.41. The van der Waals surface area contributed by atoms with Crippen molar-refractivity contribution in [2.24, 2.45) is 0 Å². The molecule has 0 aliphatic rings. The molecule has 0 atom stereocenters. The molecule has 4 heteroatoms. The van der Waals surface area contributed by atoms with Gasteiger partial charge in [-0.15, -0.1) is 11.8 Å². The highest BCUT2D eigenvalue weighted by Crippen LogP contribution is 2.20. The van der Waals surface area contributed by atoms with Crippen molar-refractivity contribution < 1.29 is 8.42 Å². The lowest BCUT2D eigenvalue weighted by Gasteiger charge is -2.05. The van der Waals surface area contributed by atoms with Crippen molar-refractivity contribution in [3.05, 3.63) is 59.7 Å². The van der Waals surface area contributed by atoms with Gasteiger partial charge in [-0.1, -0.05) is 35.4 Å². The van der Waals surface area contributed by atoms with Crippen LogP contribution in [0.5, 0.6) is 0 Å². The fourth-order valence-corrected chi connectivity index (χ4v) is 4.33. The van der Waals surface area contributed by atoms with Crippen LogP contribution in [0, 0.1) is 13.8 Å². The van der Waals surface area contributed by atoms with E-state index in [1.54, 1.807) is 23.9 Å². The van der Waals surface area contributed by atoms with Crippen molar-refractivity contribution in [2.45, 2.75) is 23.6 Å². The predicted molar refractivity (Wildman–Crippen MR) is 85.1 cm³/mol. The van der Waals surface area contributed by atoms with E-state index < -0.39 is 9.84 Å². The Kier molecular flexibility index (Phi) is 4.89. The molecule has 0 fully saturated rings. The lowest BCUT2D eigenvalue weighted by atomic mass is 10.2. The molecule has 2 aromatic rings. The molecular formula is C16H18O2S2. The van der Waals surface area contributed by atoms with Gasteiger partial charge < -0.3 is 0 Å². The third kappa shape index (κ3) is 4.12. The van der Waals surface area contributed by atoms with E-state index in [1.165, 1.54) is 5.56 Å². The minimum atomic E-state index is -3.18. The number of thioether (sulfide) groups is 1. The van der Waals surface area contributed by atoms with Gasteiger partial charge in [0.05, 0.1) is 10.6 Å². The SMILES string of the molecule is Cc1ccc(SCCS(=O)(=O)c2ccc(C)cc2)cc1. The smallest absolute Gasteiger partial charge is 0.179 e. The number of aryl methyl sites for hydroxylation is 2. The van der Waals surface area contributed by atoms with Crippen molar-refractivity contribution in [2.75, 3.05) is 11.5 Å². The fraction of sp³-hybridized carbons (Fsp3) is 0.250. The Morgan fingerprint density at radius 3 is 1.90 bits per heavy atom. The highest BCUT2D eigenvalue weighted by atomic mass is 32.2. The van der Waals surface area contributed by atoms with Crippen LogP contribution in [0.2, 0.25) is 0 Å². The zero-order valence-electron chi connectivity index (χ0n) is 11.7. The van der Waals surface area contributed by atoms with Crippen molar-refractivity contribution in [3.63, 3.8) is 0 Å². The van der Waals surface area contributed by atoms with E-state index in [0.29, 0.717) is 10.6 Å². The molecule has 0 amide bonds. The van der Waals surface area contributed by atoms with Gasteiger partial charge in [-0.2, -0.15) is 0 Å². The number of hydrogen-bond donors (Lipinski definition) is 0. The Labute approximate surface area is 125 Å². The minimum absolute atomic E-state index is 0.161. The molecule has 2 aromatic carbocycles. The molecule has 0 spiro atoms. The summed E-state index contributed by atoms with van der Waals surface area (Å²) in [5, 5.41) is 0. The summed E-state index contributed by atoms with van der Waals surface area (Å²) in [6.07, 6.45) is 0. The molecule has 20 heavy (non-hydrogen) atoms. The van der Waals surface area contributed by atoms with Crippen LogP contribution in [0.4, 0.5) is 0 Å². The van der Waals surface area contributed by atoms with Crippen molar-refractivity contribution >= 4 is 21.6 Å². The highest BCUT2D eigenvalue weighted by molar-refractivity contribution is 8.00. The van der Waals surface area contributed by atoms with Crippen molar-refractivity contribution in [1.82, 2.24) is 0 Å². The number of benzene rings is 2. The monoisotopic (exact) mass is 306 g/mol. The van der Waals surface area contributed by atoms with E-state index in [1.807, 2.05) is 50.2 Å². The van der Waals surface area contributed by atoms with Gasteiger partial charge in [0, 0.05) is 10.6 Å². The first-order chi connectivity index (χ1) is 9.47. The maximum atomic E-state index is 12.2. The average molecular weight is 306 g/mol. The summed E-state index contributed by atoms with van der Waals surface area (Å²) < 4.78 is 24.3. The molecular weight excluding hydrogens is 288 g/mol. The second-order valence-electron chi connectivity index (χ2n) is 4.79. The summed E-state index contributed by atoms with van der Waals surface area (Å²) in [6.45, 7) is 3.99. The van der Waals surface area contributed by atoms with E-state index in [0.717, 1.165) is 10.5 Å².